The molecule has 0 spiro atoms. The van der Waals surface area contributed by atoms with E-state index < -0.39 is 4.92 Å². The number of nitrogens with zero attached hydrogens (tertiary/aromatic N) is 4. The van der Waals surface area contributed by atoms with Gasteiger partial charge in [0.05, 0.1) is 15.1 Å². The van der Waals surface area contributed by atoms with E-state index in [1.807, 2.05) is 38.9 Å². The van der Waals surface area contributed by atoms with E-state index in [4.69, 9.17) is 4.98 Å². The summed E-state index contributed by atoms with van der Waals surface area (Å²) in [5.74, 6) is -0.217. The summed E-state index contributed by atoms with van der Waals surface area (Å²) in [5.41, 5.74) is 3.50. The number of aryl methyl sites for hydroxylation is 2. The van der Waals surface area contributed by atoms with Crippen LogP contribution in [0.2, 0.25) is 0 Å². The van der Waals surface area contributed by atoms with Crippen LogP contribution in [0, 0.1) is 24.0 Å². The number of carbonyl (C=O) groups excluding carboxylic acids is 1. The van der Waals surface area contributed by atoms with E-state index in [1.165, 1.54) is 35.6 Å². The number of fused-ring (bicyclic) bond motifs is 1. The largest absolute Gasteiger partial charge is 0.308 e. The fourth-order valence-electron chi connectivity index (χ4n) is 2.95. The second-order valence-corrected chi connectivity index (χ2v) is 7.97. The van der Waals surface area contributed by atoms with Crippen LogP contribution in [0.4, 0.5) is 10.8 Å². The molecule has 0 saturated heterocycles. The van der Waals surface area contributed by atoms with Crippen LogP contribution in [0.25, 0.3) is 10.2 Å². The first kappa shape index (κ1) is 22.7. The van der Waals surface area contributed by atoms with Gasteiger partial charge in [-0.15, -0.1) is 12.4 Å². The minimum atomic E-state index is -0.475. The maximum absolute atomic E-state index is 13.2. The summed E-state index contributed by atoms with van der Waals surface area (Å²) < 4.78 is 1.06. The summed E-state index contributed by atoms with van der Waals surface area (Å²) in [6, 6.07) is 9.81. The lowest BCUT2D eigenvalue weighted by molar-refractivity contribution is -0.384. The topological polar surface area (TPSA) is 79.6 Å². The van der Waals surface area contributed by atoms with Gasteiger partial charge in [-0.25, -0.2) is 4.98 Å². The van der Waals surface area contributed by atoms with Crippen LogP contribution in [-0.2, 0) is 0 Å². The lowest BCUT2D eigenvalue weighted by Gasteiger charge is -2.22. The van der Waals surface area contributed by atoms with Crippen molar-refractivity contribution in [2.24, 2.45) is 0 Å². The smallest absolute Gasteiger partial charge is 0.269 e. The summed E-state index contributed by atoms with van der Waals surface area (Å²) in [7, 11) is 3.89. The Bertz CT molecular complexity index is 1030. The van der Waals surface area contributed by atoms with Gasteiger partial charge in [-0.05, 0) is 57.3 Å². The number of non-ortho nitro benzene ring substituents is 1. The summed E-state index contributed by atoms with van der Waals surface area (Å²) >= 11 is 1.49. The van der Waals surface area contributed by atoms with Crippen molar-refractivity contribution < 1.29 is 9.72 Å². The quantitative estimate of drug-likeness (QED) is 0.423. The number of likely N-dealkylation sites (N-methyl/N-ethyl adjacent to an activating group) is 1. The molecule has 0 N–H and O–H groups in total. The van der Waals surface area contributed by atoms with E-state index in [0.29, 0.717) is 23.8 Å². The summed E-state index contributed by atoms with van der Waals surface area (Å²) in [6.07, 6.45) is 0. The van der Waals surface area contributed by atoms with Crippen molar-refractivity contribution in [3.63, 3.8) is 0 Å². The lowest BCUT2D eigenvalue weighted by atomic mass is 10.1. The SMILES string of the molecule is Cc1cc(C)c2sc(N(CCN(C)C)C(=O)c3ccc([N+](=O)[O-])cc3)nc2c1.Cl. The highest BCUT2D eigenvalue weighted by Crippen LogP contribution is 2.32. The molecule has 2 aromatic carbocycles. The number of nitro benzene ring substituents is 1. The van der Waals surface area contributed by atoms with Gasteiger partial charge in [0.25, 0.3) is 11.6 Å². The molecule has 0 unspecified atom stereocenters. The highest BCUT2D eigenvalue weighted by Gasteiger charge is 2.22. The third kappa shape index (κ3) is 5.09. The Morgan fingerprint density at radius 3 is 2.38 bits per heavy atom. The van der Waals surface area contributed by atoms with Gasteiger partial charge in [0.15, 0.2) is 5.13 Å². The number of aromatic nitrogens is 1. The highest BCUT2D eigenvalue weighted by atomic mass is 35.5. The predicted octanol–water partition coefficient (Wildman–Crippen LogP) is 4.45. The fourth-order valence-corrected chi connectivity index (χ4v) is 3.99. The summed E-state index contributed by atoms with van der Waals surface area (Å²) in [5, 5.41) is 11.5. The molecule has 29 heavy (non-hydrogen) atoms. The van der Waals surface area contributed by atoms with Crippen molar-refractivity contribution in [3.8, 4) is 0 Å². The second-order valence-electron chi connectivity index (χ2n) is 6.99. The molecule has 3 aromatic rings. The van der Waals surface area contributed by atoms with E-state index in [2.05, 4.69) is 6.07 Å². The summed E-state index contributed by atoms with van der Waals surface area (Å²) in [6.45, 7) is 5.21. The van der Waals surface area contributed by atoms with Crippen LogP contribution in [0.1, 0.15) is 21.5 Å². The fraction of sp³-hybridized carbons (Fsp3) is 0.300. The van der Waals surface area contributed by atoms with Crippen LogP contribution in [-0.4, -0.2) is 47.9 Å². The van der Waals surface area contributed by atoms with E-state index in [9.17, 15) is 14.9 Å². The molecule has 9 heteroatoms. The van der Waals surface area contributed by atoms with Crippen LogP contribution >= 0.6 is 23.7 Å². The number of amides is 1. The van der Waals surface area contributed by atoms with Crippen molar-refractivity contribution in [1.29, 1.82) is 0 Å². The molecule has 0 radical (unpaired) electrons. The number of benzene rings is 2. The van der Waals surface area contributed by atoms with Crippen molar-refractivity contribution in [1.82, 2.24) is 9.88 Å². The van der Waals surface area contributed by atoms with Gasteiger partial charge >= 0.3 is 0 Å². The average molecular weight is 435 g/mol. The molecular formula is C20H23ClN4O3S. The molecule has 7 nitrogen and oxygen atoms in total. The first-order chi connectivity index (χ1) is 13.3. The van der Waals surface area contributed by atoms with Crippen LogP contribution < -0.4 is 4.90 Å². The van der Waals surface area contributed by atoms with Crippen molar-refractivity contribution in [3.05, 3.63) is 63.2 Å². The monoisotopic (exact) mass is 434 g/mol. The molecule has 1 heterocycles. The summed E-state index contributed by atoms with van der Waals surface area (Å²) in [4.78, 5) is 31.9. The number of thiazole rings is 1. The van der Waals surface area contributed by atoms with E-state index in [-0.39, 0.29) is 24.0 Å². The molecule has 0 aliphatic heterocycles. The minimum Gasteiger partial charge on any atom is -0.308 e. The Hall–Kier alpha value is -2.55. The van der Waals surface area contributed by atoms with Gasteiger partial charge in [-0.2, -0.15) is 0 Å². The number of anilines is 1. The number of halogens is 1. The van der Waals surface area contributed by atoms with Gasteiger partial charge in [0.2, 0.25) is 0 Å². The van der Waals surface area contributed by atoms with Gasteiger partial charge < -0.3 is 4.90 Å². The third-order valence-electron chi connectivity index (χ3n) is 4.38. The van der Waals surface area contributed by atoms with E-state index >= 15 is 0 Å². The zero-order valence-corrected chi connectivity index (χ0v) is 18.3. The Kier molecular flexibility index (Phi) is 7.29. The lowest BCUT2D eigenvalue weighted by Crippen LogP contribution is -2.36. The van der Waals surface area contributed by atoms with Gasteiger partial charge in [-0.3, -0.25) is 19.8 Å². The molecule has 0 fully saturated rings. The first-order valence-corrected chi connectivity index (χ1v) is 9.67. The molecule has 1 amide bonds. The molecule has 0 saturated carbocycles. The van der Waals surface area contributed by atoms with Crippen molar-refractivity contribution in [2.45, 2.75) is 13.8 Å². The Morgan fingerprint density at radius 2 is 1.79 bits per heavy atom. The Morgan fingerprint density at radius 1 is 1.14 bits per heavy atom. The molecule has 1 aromatic heterocycles. The molecule has 0 bridgehead atoms. The number of nitro groups is 1. The molecule has 0 aliphatic rings. The molecular weight excluding hydrogens is 412 g/mol. The molecule has 3 rings (SSSR count). The Balaban J connectivity index is 0.00000300. The molecule has 0 atom stereocenters. The Labute approximate surface area is 179 Å². The van der Waals surface area contributed by atoms with Gasteiger partial charge in [-0.1, -0.05) is 17.4 Å². The maximum atomic E-state index is 13.2. The van der Waals surface area contributed by atoms with E-state index in [0.717, 1.165) is 21.3 Å². The van der Waals surface area contributed by atoms with Crippen LogP contribution in [0.5, 0.6) is 0 Å². The normalized spacial score (nSPS) is 10.8. The first-order valence-electron chi connectivity index (χ1n) is 8.85. The van der Waals surface area contributed by atoms with Gasteiger partial charge in [0.1, 0.15) is 0 Å². The highest BCUT2D eigenvalue weighted by molar-refractivity contribution is 7.22. The predicted molar refractivity (Wildman–Crippen MR) is 120 cm³/mol. The standard InChI is InChI=1S/C20H22N4O3S.ClH/c1-13-11-14(2)18-17(12-13)21-20(28-18)23(10-9-22(3)4)19(25)15-5-7-16(8-6-15)24(26)27;/h5-8,11-12H,9-10H2,1-4H3;1H. The second kappa shape index (κ2) is 9.30. The van der Waals surface area contributed by atoms with Crippen LogP contribution in [0.15, 0.2) is 36.4 Å². The van der Waals surface area contributed by atoms with Gasteiger partial charge in [0, 0.05) is 30.8 Å². The zero-order valence-electron chi connectivity index (χ0n) is 16.7. The van der Waals surface area contributed by atoms with Crippen molar-refractivity contribution >= 4 is 50.7 Å². The van der Waals surface area contributed by atoms with Crippen LogP contribution in [0.3, 0.4) is 0 Å². The van der Waals surface area contributed by atoms with E-state index in [1.54, 1.807) is 4.90 Å². The number of rotatable bonds is 6. The van der Waals surface area contributed by atoms with Crippen molar-refractivity contribution in [2.75, 3.05) is 32.1 Å². The maximum Gasteiger partial charge on any atom is 0.269 e. The number of carbonyl (C=O) groups is 1. The zero-order chi connectivity index (χ0) is 20.4. The minimum absolute atomic E-state index is 0. The third-order valence-corrected chi connectivity index (χ3v) is 5.61. The number of hydrogen-bond donors (Lipinski definition) is 0. The molecule has 154 valence electrons. The average Bonchev–Trinajstić information content (AvgIpc) is 3.05. The molecule has 0 aliphatic carbocycles. The number of hydrogen-bond acceptors (Lipinski definition) is 6.